The molecule has 24 heavy (non-hydrogen) atoms. The summed E-state index contributed by atoms with van der Waals surface area (Å²) < 4.78 is 5.40. The van der Waals surface area contributed by atoms with Gasteiger partial charge in [0, 0.05) is 17.5 Å². The van der Waals surface area contributed by atoms with E-state index < -0.39 is 16.4 Å². The fourth-order valence-corrected chi connectivity index (χ4v) is 2.59. The second-order valence-corrected chi connectivity index (χ2v) is 6.57. The molecule has 0 unspecified atom stereocenters. The smallest absolute Gasteiger partial charge is 0.307 e. The fourth-order valence-electron chi connectivity index (χ4n) is 2.59. The Labute approximate surface area is 141 Å². The highest BCUT2D eigenvalue weighted by molar-refractivity contribution is 5.72. The Morgan fingerprint density at radius 2 is 1.67 bits per heavy atom. The van der Waals surface area contributed by atoms with E-state index in [4.69, 9.17) is 4.74 Å². The summed E-state index contributed by atoms with van der Waals surface area (Å²) in [4.78, 5) is 23.2. The molecule has 0 spiro atoms. The SMILES string of the molecule is CC(C)(C)OC(=O)C[C@@H](c1ccccc1)c1ccccc1[N+](=O)[O-]. The lowest BCUT2D eigenvalue weighted by atomic mass is 9.87. The second-order valence-electron chi connectivity index (χ2n) is 6.57. The highest BCUT2D eigenvalue weighted by Gasteiger charge is 2.27. The first-order valence-corrected chi connectivity index (χ1v) is 7.78. The van der Waals surface area contributed by atoms with Crippen molar-refractivity contribution in [3.63, 3.8) is 0 Å². The Balaban J connectivity index is 2.42. The number of hydrogen-bond donors (Lipinski definition) is 0. The van der Waals surface area contributed by atoms with Crippen LogP contribution in [0.3, 0.4) is 0 Å². The first kappa shape index (κ1) is 17.7. The van der Waals surface area contributed by atoms with Gasteiger partial charge in [-0.3, -0.25) is 14.9 Å². The monoisotopic (exact) mass is 327 g/mol. The van der Waals surface area contributed by atoms with Crippen LogP contribution >= 0.6 is 0 Å². The number of rotatable bonds is 5. The summed E-state index contributed by atoms with van der Waals surface area (Å²) in [5.41, 5.74) is 0.771. The highest BCUT2D eigenvalue weighted by atomic mass is 16.6. The maximum Gasteiger partial charge on any atom is 0.307 e. The topological polar surface area (TPSA) is 69.4 Å². The van der Waals surface area contributed by atoms with Gasteiger partial charge in [0.1, 0.15) is 5.60 Å². The molecule has 0 aliphatic heterocycles. The third kappa shape index (κ3) is 4.65. The van der Waals surface area contributed by atoms with E-state index in [0.29, 0.717) is 5.56 Å². The quantitative estimate of drug-likeness (QED) is 0.462. The number of carbonyl (C=O) groups is 1. The maximum atomic E-state index is 12.3. The average molecular weight is 327 g/mol. The minimum atomic E-state index is -0.596. The van der Waals surface area contributed by atoms with Gasteiger partial charge in [0.15, 0.2) is 0 Å². The zero-order valence-electron chi connectivity index (χ0n) is 14.1. The zero-order valence-corrected chi connectivity index (χ0v) is 14.1. The van der Waals surface area contributed by atoms with Crippen LogP contribution in [0.1, 0.15) is 44.2 Å². The van der Waals surface area contributed by atoms with Gasteiger partial charge in [-0.05, 0) is 26.3 Å². The molecular weight excluding hydrogens is 306 g/mol. The van der Waals surface area contributed by atoms with Crippen LogP contribution in [0, 0.1) is 10.1 Å². The molecule has 0 amide bonds. The number of nitro benzene ring substituents is 1. The van der Waals surface area contributed by atoms with Gasteiger partial charge < -0.3 is 4.74 Å². The predicted octanol–water partition coefficient (Wildman–Crippen LogP) is 4.46. The van der Waals surface area contributed by atoms with Gasteiger partial charge in [-0.2, -0.15) is 0 Å². The number of para-hydroxylation sites is 1. The van der Waals surface area contributed by atoms with E-state index in [9.17, 15) is 14.9 Å². The van der Waals surface area contributed by atoms with Crippen molar-refractivity contribution in [1.29, 1.82) is 0 Å². The standard InChI is InChI=1S/C19H21NO4/c1-19(2,3)24-18(21)13-16(14-9-5-4-6-10-14)15-11-7-8-12-17(15)20(22)23/h4-12,16H,13H2,1-3H3/t16-/m0/s1. The van der Waals surface area contributed by atoms with Crippen molar-refractivity contribution in [3.8, 4) is 0 Å². The Bertz CT molecular complexity index is 720. The average Bonchev–Trinajstić information content (AvgIpc) is 2.52. The molecule has 0 bridgehead atoms. The van der Waals surface area contributed by atoms with Gasteiger partial charge in [0.25, 0.3) is 5.69 Å². The molecule has 0 fully saturated rings. The van der Waals surface area contributed by atoms with Crippen LogP contribution in [0.25, 0.3) is 0 Å². The van der Waals surface area contributed by atoms with E-state index in [1.807, 2.05) is 30.3 Å². The first-order valence-electron chi connectivity index (χ1n) is 7.78. The molecule has 0 radical (unpaired) electrons. The molecule has 0 saturated heterocycles. The lowest BCUT2D eigenvalue weighted by Gasteiger charge is -2.22. The van der Waals surface area contributed by atoms with Gasteiger partial charge in [0.2, 0.25) is 0 Å². The Morgan fingerprint density at radius 3 is 2.25 bits per heavy atom. The summed E-state index contributed by atoms with van der Waals surface area (Å²) >= 11 is 0. The number of nitrogens with zero attached hydrogens (tertiary/aromatic N) is 1. The molecular formula is C19H21NO4. The van der Waals surface area contributed by atoms with Crippen LogP contribution in [-0.2, 0) is 9.53 Å². The number of hydrogen-bond acceptors (Lipinski definition) is 4. The summed E-state index contributed by atoms with van der Waals surface area (Å²) in [6.07, 6.45) is 0.0478. The molecule has 5 nitrogen and oxygen atoms in total. The van der Waals surface area contributed by atoms with Crippen molar-refractivity contribution in [2.75, 3.05) is 0 Å². The van der Waals surface area contributed by atoms with Crippen molar-refractivity contribution >= 4 is 11.7 Å². The molecule has 2 aromatic rings. The van der Waals surface area contributed by atoms with Crippen molar-refractivity contribution in [3.05, 3.63) is 75.8 Å². The van der Waals surface area contributed by atoms with Gasteiger partial charge in [0.05, 0.1) is 11.3 Å². The minimum Gasteiger partial charge on any atom is -0.460 e. The summed E-state index contributed by atoms with van der Waals surface area (Å²) in [6.45, 7) is 5.40. The number of carbonyl (C=O) groups excluding carboxylic acids is 1. The molecule has 0 N–H and O–H groups in total. The molecule has 2 rings (SSSR count). The Kier molecular flexibility index (Phi) is 5.34. The van der Waals surface area contributed by atoms with Crippen molar-refractivity contribution in [1.82, 2.24) is 0 Å². The van der Waals surface area contributed by atoms with Gasteiger partial charge in [-0.25, -0.2) is 0 Å². The van der Waals surface area contributed by atoms with Crippen LogP contribution in [0.15, 0.2) is 54.6 Å². The number of esters is 1. The van der Waals surface area contributed by atoms with E-state index in [1.165, 1.54) is 6.07 Å². The molecule has 1 atom stereocenters. The summed E-state index contributed by atoms with van der Waals surface area (Å²) in [5, 5.41) is 11.4. The summed E-state index contributed by atoms with van der Waals surface area (Å²) in [7, 11) is 0. The highest BCUT2D eigenvalue weighted by Crippen LogP contribution is 2.34. The lowest BCUT2D eigenvalue weighted by Crippen LogP contribution is -2.25. The molecule has 0 aromatic heterocycles. The largest absolute Gasteiger partial charge is 0.460 e. The maximum absolute atomic E-state index is 12.3. The van der Waals surface area contributed by atoms with Gasteiger partial charge in [-0.1, -0.05) is 48.5 Å². The Morgan fingerprint density at radius 1 is 1.08 bits per heavy atom. The lowest BCUT2D eigenvalue weighted by molar-refractivity contribution is -0.385. The molecule has 5 heteroatoms. The third-order valence-corrected chi connectivity index (χ3v) is 3.50. The van der Waals surface area contributed by atoms with Gasteiger partial charge >= 0.3 is 5.97 Å². The van der Waals surface area contributed by atoms with E-state index in [0.717, 1.165) is 5.56 Å². The normalized spacial score (nSPS) is 12.5. The molecule has 126 valence electrons. The molecule has 0 aliphatic carbocycles. The number of nitro groups is 1. The van der Waals surface area contributed by atoms with Crippen LogP contribution in [0.4, 0.5) is 5.69 Å². The van der Waals surface area contributed by atoms with E-state index >= 15 is 0 Å². The molecule has 0 aliphatic rings. The fraction of sp³-hybridized carbons (Fsp3) is 0.316. The van der Waals surface area contributed by atoms with E-state index in [-0.39, 0.29) is 18.1 Å². The molecule has 0 saturated carbocycles. The van der Waals surface area contributed by atoms with E-state index in [2.05, 4.69) is 0 Å². The van der Waals surface area contributed by atoms with Crippen molar-refractivity contribution < 1.29 is 14.5 Å². The Hall–Kier alpha value is -2.69. The van der Waals surface area contributed by atoms with Crippen molar-refractivity contribution in [2.24, 2.45) is 0 Å². The summed E-state index contributed by atoms with van der Waals surface area (Å²) in [5.74, 6) is -0.808. The number of ether oxygens (including phenoxy) is 1. The predicted molar refractivity (Wildman–Crippen MR) is 91.8 cm³/mol. The first-order chi connectivity index (χ1) is 11.3. The molecule has 0 heterocycles. The minimum absolute atomic E-state index is 0.00918. The zero-order chi connectivity index (χ0) is 17.7. The van der Waals surface area contributed by atoms with Crippen LogP contribution in [0.2, 0.25) is 0 Å². The van der Waals surface area contributed by atoms with E-state index in [1.54, 1.807) is 39.0 Å². The van der Waals surface area contributed by atoms with Crippen molar-refractivity contribution in [2.45, 2.75) is 38.7 Å². The van der Waals surface area contributed by atoms with Crippen LogP contribution in [0.5, 0.6) is 0 Å². The number of benzene rings is 2. The molecule has 2 aromatic carbocycles. The summed E-state index contributed by atoms with van der Waals surface area (Å²) in [6, 6.07) is 15.8. The third-order valence-electron chi connectivity index (χ3n) is 3.50. The van der Waals surface area contributed by atoms with Crippen LogP contribution in [-0.4, -0.2) is 16.5 Å². The van der Waals surface area contributed by atoms with Crippen LogP contribution < -0.4 is 0 Å². The van der Waals surface area contributed by atoms with Gasteiger partial charge in [-0.15, -0.1) is 0 Å². The second kappa shape index (κ2) is 7.25.